The van der Waals surface area contributed by atoms with Crippen LogP contribution in [0.15, 0.2) is 0 Å². The maximum absolute atomic E-state index is 9.32. The normalized spacial score (nSPS) is 27.5. The number of nitrogen functional groups attached to an aromatic ring is 1. The van der Waals surface area contributed by atoms with E-state index in [1.54, 1.807) is 0 Å². The predicted octanol–water partition coefficient (Wildman–Crippen LogP) is 0.836. The molecule has 0 atom stereocenters. The van der Waals surface area contributed by atoms with Gasteiger partial charge in [0.15, 0.2) is 0 Å². The van der Waals surface area contributed by atoms with Crippen LogP contribution in [0.25, 0.3) is 0 Å². The van der Waals surface area contributed by atoms with Crippen molar-refractivity contribution in [2.45, 2.75) is 37.8 Å². The van der Waals surface area contributed by atoms with Gasteiger partial charge in [0.05, 0.1) is 6.10 Å². The van der Waals surface area contributed by atoms with Gasteiger partial charge in [0.2, 0.25) is 11.1 Å². The van der Waals surface area contributed by atoms with Crippen molar-refractivity contribution in [1.29, 1.82) is 0 Å². The van der Waals surface area contributed by atoms with Crippen molar-refractivity contribution >= 4 is 22.6 Å². The molecular formula is C8H14N4OS. The molecule has 78 valence electrons. The second kappa shape index (κ2) is 4.10. The molecule has 0 bridgehead atoms. The molecule has 0 saturated heterocycles. The highest BCUT2D eigenvalue weighted by Gasteiger charge is 2.19. The zero-order valence-electron chi connectivity index (χ0n) is 7.81. The second-order valence-corrected chi connectivity index (χ2v) is 4.36. The molecule has 14 heavy (non-hydrogen) atoms. The van der Waals surface area contributed by atoms with Crippen molar-refractivity contribution in [1.82, 2.24) is 9.36 Å². The molecule has 5 nitrogen and oxygen atoms in total. The first-order chi connectivity index (χ1) is 6.74. The highest BCUT2D eigenvalue weighted by atomic mass is 32.1. The minimum absolute atomic E-state index is 0.118. The van der Waals surface area contributed by atoms with Crippen LogP contribution in [-0.4, -0.2) is 26.6 Å². The van der Waals surface area contributed by atoms with Gasteiger partial charge in [-0.25, -0.2) is 0 Å². The van der Waals surface area contributed by atoms with E-state index in [0.29, 0.717) is 12.0 Å². The summed E-state index contributed by atoms with van der Waals surface area (Å²) in [6.45, 7) is 0. The number of nitrogens with zero attached hydrogens (tertiary/aromatic N) is 2. The Kier molecular flexibility index (Phi) is 2.83. The largest absolute Gasteiger partial charge is 0.393 e. The summed E-state index contributed by atoms with van der Waals surface area (Å²) in [6, 6.07) is 0.408. The molecule has 1 saturated carbocycles. The number of aliphatic hydroxyl groups excluding tert-OH is 1. The van der Waals surface area contributed by atoms with Crippen LogP contribution in [0.5, 0.6) is 0 Å². The zero-order chi connectivity index (χ0) is 9.97. The SMILES string of the molecule is Nc1nsc(NC2CCC(O)CC2)n1. The zero-order valence-corrected chi connectivity index (χ0v) is 8.63. The monoisotopic (exact) mass is 214 g/mol. The summed E-state index contributed by atoms with van der Waals surface area (Å²) in [5.74, 6) is 0.327. The maximum atomic E-state index is 9.32. The Morgan fingerprint density at radius 2 is 2.07 bits per heavy atom. The highest BCUT2D eigenvalue weighted by Crippen LogP contribution is 2.23. The van der Waals surface area contributed by atoms with Gasteiger partial charge in [-0.3, -0.25) is 0 Å². The molecule has 1 aliphatic rings. The quantitative estimate of drug-likeness (QED) is 0.679. The molecule has 0 spiro atoms. The summed E-state index contributed by atoms with van der Waals surface area (Å²) in [7, 11) is 0. The van der Waals surface area contributed by atoms with Crippen molar-refractivity contribution in [3.63, 3.8) is 0 Å². The first-order valence-electron chi connectivity index (χ1n) is 4.78. The van der Waals surface area contributed by atoms with E-state index in [1.807, 2.05) is 0 Å². The van der Waals surface area contributed by atoms with Crippen LogP contribution in [0.4, 0.5) is 11.1 Å². The van der Waals surface area contributed by atoms with Crippen molar-refractivity contribution < 1.29 is 5.11 Å². The van der Waals surface area contributed by atoms with Crippen molar-refractivity contribution in [2.75, 3.05) is 11.1 Å². The number of hydrogen-bond donors (Lipinski definition) is 3. The average Bonchev–Trinajstić information content (AvgIpc) is 2.56. The number of anilines is 2. The van der Waals surface area contributed by atoms with Crippen LogP contribution in [0, 0.1) is 0 Å². The molecule has 6 heteroatoms. The second-order valence-electron chi connectivity index (χ2n) is 3.61. The Hall–Kier alpha value is -0.880. The van der Waals surface area contributed by atoms with Crippen LogP contribution in [0.2, 0.25) is 0 Å². The topological polar surface area (TPSA) is 84.1 Å². The van der Waals surface area contributed by atoms with E-state index in [1.165, 1.54) is 11.5 Å². The van der Waals surface area contributed by atoms with Gasteiger partial charge in [0.1, 0.15) is 0 Å². The van der Waals surface area contributed by atoms with Crippen molar-refractivity contribution in [2.24, 2.45) is 0 Å². The molecule has 1 aliphatic carbocycles. The van der Waals surface area contributed by atoms with E-state index < -0.39 is 0 Å². The van der Waals surface area contributed by atoms with Gasteiger partial charge < -0.3 is 16.2 Å². The molecule has 1 aromatic heterocycles. The Labute approximate surface area is 86.5 Å². The van der Waals surface area contributed by atoms with Crippen LogP contribution >= 0.6 is 11.5 Å². The molecule has 0 amide bonds. The van der Waals surface area contributed by atoms with Gasteiger partial charge in [0, 0.05) is 17.6 Å². The molecule has 1 aromatic rings. The van der Waals surface area contributed by atoms with Gasteiger partial charge >= 0.3 is 0 Å². The molecule has 1 heterocycles. The van der Waals surface area contributed by atoms with E-state index in [4.69, 9.17) is 5.73 Å². The minimum Gasteiger partial charge on any atom is -0.393 e. The third-order valence-electron chi connectivity index (χ3n) is 2.47. The highest BCUT2D eigenvalue weighted by molar-refractivity contribution is 7.09. The summed E-state index contributed by atoms with van der Waals surface area (Å²) < 4.78 is 3.89. The van der Waals surface area contributed by atoms with Crippen LogP contribution in [0.3, 0.4) is 0 Å². The number of nitrogens with two attached hydrogens (primary N) is 1. The first kappa shape index (κ1) is 9.67. The van der Waals surface area contributed by atoms with Gasteiger partial charge in [-0.1, -0.05) is 0 Å². The molecule has 0 aliphatic heterocycles. The maximum Gasteiger partial charge on any atom is 0.233 e. The lowest BCUT2D eigenvalue weighted by Gasteiger charge is -2.25. The lowest BCUT2D eigenvalue weighted by atomic mass is 9.93. The van der Waals surface area contributed by atoms with Gasteiger partial charge in [-0.15, -0.1) is 0 Å². The van der Waals surface area contributed by atoms with E-state index in [0.717, 1.165) is 30.8 Å². The smallest absolute Gasteiger partial charge is 0.233 e. The fourth-order valence-electron chi connectivity index (χ4n) is 1.69. The van der Waals surface area contributed by atoms with Gasteiger partial charge in [-0.2, -0.15) is 9.36 Å². The van der Waals surface area contributed by atoms with E-state index in [9.17, 15) is 5.11 Å². The van der Waals surface area contributed by atoms with Gasteiger partial charge in [0.25, 0.3) is 0 Å². The van der Waals surface area contributed by atoms with Crippen LogP contribution in [-0.2, 0) is 0 Å². The summed E-state index contributed by atoms with van der Waals surface area (Å²) in [6.07, 6.45) is 3.59. The first-order valence-corrected chi connectivity index (χ1v) is 5.55. The van der Waals surface area contributed by atoms with Crippen LogP contribution in [0.1, 0.15) is 25.7 Å². The molecule has 0 aromatic carbocycles. The number of aromatic nitrogens is 2. The van der Waals surface area contributed by atoms with E-state index in [-0.39, 0.29) is 6.10 Å². The van der Waals surface area contributed by atoms with E-state index >= 15 is 0 Å². The molecule has 0 unspecified atom stereocenters. The summed E-state index contributed by atoms with van der Waals surface area (Å²) in [5.41, 5.74) is 5.41. The summed E-state index contributed by atoms with van der Waals surface area (Å²) in [5, 5.41) is 13.4. The molecule has 0 radical (unpaired) electrons. The molecule has 2 rings (SSSR count). The Balaban J connectivity index is 1.86. The lowest BCUT2D eigenvalue weighted by molar-refractivity contribution is 0.126. The Bertz CT molecular complexity index is 295. The van der Waals surface area contributed by atoms with E-state index in [2.05, 4.69) is 14.7 Å². The summed E-state index contributed by atoms with van der Waals surface area (Å²) >= 11 is 1.28. The number of hydrogen-bond acceptors (Lipinski definition) is 6. The molecule has 1 fully saturated rings. The molecular weight excluding hydrogens is 200 g/mol. The predicted molar refractivity (Wildman–Crippen MR) is 56.2 cm³/mol. The fraction of sp³-hybridized carbons (Fsp3) is 0.750. The van der Waals surface area contributed by atoms with Crippen molar-refractivity contribution in [3.8, 4) is 0 Å². The minimum atomic E-state index is -0.118. The lowest BCUT2D eigenvalue weighted by Crippen LogP contribution is -2.28. The Morgan fingerprint density at radius 1 is 1.36 bits per heavy atom. The number of aliphatic hydroxyl groups is 1. The average molecular weight is 214 g/mol. The number of rotatable bonds is 2. The van der Waals surface area contributed by atoms with Crippen molar-refractivity contribution in [3.05, 3.63) is 0 Å². The molecule has 4 N–H and O–H groups in total. The third kappa shape index (κ3) is 2.33. The fourth-order valence-corrected chi connectivity index (χ4v) is 2.26. The third-order valence-corrected chi connectivity index (χ3v) is 3.13. The van der Waals surface area contributed by atoms with Crippen LogP contribution < -0.4 is 11.1 Å². The summed E-state index contributed by atoms with van der Waals surface area (Å²) in [4.78, 5) is 4.04. The standard InChI is InChI=1S/C8H14N4OS/c9-7-11-8(14-12-7)10-5-1-3-6(13)4-2-5/h5-6,13H,1-4H2,(H3,9,10,11,12). The number of nitrogens with one attached hydrogen (secondary N) is 1. The Morgan fingerprint density at radius 3 is 2.64 bits per heavy atom. The van der Waals surface area contributed by atoms with Gasteiger partial charge in [-0.05, 0) is 25.7 Å².